The minimum absolute atomic E-state index is 0.0388. The minimum Gasteiger partial charge on any atom is -0.474 e. The second-order valence-corrected chi connectivity index (χ2v) is 5.68. The summed E-state index contributed by atoms with van der Waals surface area (Å²) in [5, 5.41) is 3.41. The molecule has 3 nitrogen and oxygen atoms in total. The standard InChI is InChI=1S/C13H25NO2/c1-11(16-12(2,3)4)14-13(10-15-5)8-6-7-9-13/h14H,1,6-10H2,2-5H3. The zero-order valence-electron chi connectivity index (χ0n) is 11.1. The molecule has 94 valence electrons. The van der Waals surface area contributed by atoms with Gasteiger partial charge in [0, 0.05) is 7.11 Å². The van der Waals surface area contributed by atoms with Crippen LogP contribution in [-0.2, 0) is 9.47 Å². The highest BCUT2D eigenvalue weighted by Crippen LogP contribution is 2.31. The van der Waals surface area contributed by atoms with Crippen molar-refractivity contribution in [3.8, 4) is 0 Å². The molecule has 1 N–H and O–H groups in total. The van der Waals surface area contributed by atoms with E-state index in [-0.39, 0.29) is 11.1 Å². The number of methoxy groups -OCH3 is 1. The van der Waals surface area contributed by atoms with E-state index in [0.29, 0.717) is 5.88 Å². The maximum atomic E-state index is 5.71. The Bertz CT molecular complexity index is 237. The highest BCUT2D eigenvalue weighted by molar-refractivity contribution is 5.00. The van der Waals surface area contributed by atoms with E-state index in [0.717, 1.165) is 19.4 Å². The molecule has 1 fully saturated rings. The average molecular weight is 227 g/mol. The zero-order valence-corrected chi connectivity index (χ0v) is 11.1. The van der Waals surface area contributed by atoms with Crippen LogP contribution in [0.15, 0.2) is 12.5 Å². The molecule has 0 heterocycles. The van der Waals surface area contributed by atoms with Gasteiger partial charge in [0.15, 0.2) is 5.88 Å². The highest BCUT2D eigenvalue weighted by Gasteiger charge is 2.34. The lowest BCUT2D eigenvalue weighted by molar-refractivity contribution is 0.0216. The van der Waals surface area contributed by atoms with Gasteiger partial charge in [0.2, 0.25) is 0 Å². The Kier molecular flexibility index (Phi) is 4.25. The van der Waals surface area contributed by atoms with Crippen molar-refractivity contribution in [2.75, 3.05) is 13.7 Å². The van der Waals surface area contributed by atoms with Gasteiger partial charge in [-0.2, -0.15) is 0 Å². The fraction of sp³-hybridized carbons (Fsp3) is 0.846. The Hall–Kier alpha value is -0.700. The van der Waals surface area contributed by atoms with Crippen molar-refractivity contribution in [1.29, 1.82) is 0 Å². The zero-order chi connectivity index (χ0) is 12.2. The van der Waals surface area contributed by atoms with E-state index in [1.807, 2.05) is 20.8 Å². The van der Waals surface area contributed by atoms with E-state index in [4.69, 9.17) is 9.47 Å². The third kappa shape index (κ3) is 4.05. The van der Waals surface area contributed by atoms with Gasteiger partial charge in [-0.3, -0.25) is 0 Å². The Morgan fingerprint density at radius 2 is 1.88 bits per heavy atom. The summed E-state index contributed by atoms with van der Waals surface area (Å²) in [6.07, 6.45) is 4.76. The lowest BCUT2D eigenvalue weighted by Gasteiger charge is -2.33. The van der Waals surface area contributed by atoms with Gasteiger partial charge in [0.25, 0.3) is 0 Å². The predicted octanol–water partition coefficient (Wildman–Crippen LogP) is 2.82. The number of nitrogens with one attached hydrogen (secondary N) is 1. The molecule has 1 aliphatic rings. The van der Waals surface area contributed by atoms with Gasteiger partial charge in [-0.15, -0.1) is 0 Å². The van der Waals surface area contributed by atoms with E-state index in [1.54, 1.807) is 7.11 Å². The third-order valence-corrected chi connectivity index (χ3v) is 2.82. The molecule has 0 unspecified atom stereocenters. The van der Waals surface area contributed by atoms with Crippen LogP contribution in [0.2, 0.25) is 0 Å². The van der Waals surface area contributed by atoms with Crippen molar-refractivity contribution in [3.05, 3.63) is 12.5 Å². The topological polar surface area (TPSA) is 30.5 Å². The molecule has 1 aliphatic carbocycles. The van der Waals surface area contributed by atoms with Crippen LogP contribution in [0.3, 0.4) is 0 Å². The molecule has 0 aromatic heterocycles. The van der Waals surface area contributed by atoms with Gasteiger partial charge >= 0.3 is 0 Å². The van der Waals surface area contributed by atoms with Crippen LogP contribution in [0.1, 0.15) is 46.5 Å². The van der Waals surface area contributed by atoms with Crippen LogP contribution in [-0.4, -0.2) is 24.9 Å². The number of hydrogen-bond acceptors (Lipinski definition) is 3. The highest BCUT2D eigenvalue weighted by atomic mass is 16.5. The van der Waals surface area contributed by atoms with Crippen molar-refractivity contribution in [2.24, 2.45) is 0 Å². The number of hydrogen-bond donors (Lipinski definition) is 1. The van der Waals surface area contributed by atoms with Crippen LogP contribution in [0.25, 0.3) is 0 Å². The quantitative estimate of drug-likeness (QED) is 0.733. The largest absolute Gasteiger partial charge is 0.474 e. The van der Waals surface area contributed by atoms with E-state index < -0.39 is 0 Å². The maximum Gasteiger partial charge on any atom is 0.180 e. The Labute approximate surface area is 99.2 Å². The molecule has 3 heteroatoms. The number of rotatable bonds is 5. The fourth-order valence-corrected chi connectivity index (χ4v) is 2.32. The SMILES string of the molecule is C=C(NC1(COC)CCCC1)OC(C)(C)C. The second kappa shape index (κ2) is 5.09. The van der Waals surface area contributed by atoms with E-state index >= 15 is 0 Å². The molecular formula is C13H25NO2. The molecule has 0 aromatic carbocycles. The first-order valence-corrected chi connectivity index (χ1v) is 6.02. The minimum atomic E-state index is -0.197. The van der Waals surface area contributed by atoms with Crippen LogP contribution in [0.5, 0.6) is 0 Å². The molecule has 0 spiro atoms. The maximum absolute atomic E-state index is 5.71. The molecule has 0 amide bonds. The third-order valence-electron chi connectivity index (χ3n) is 2.82. The predicted molar refractivity (Wildman–Crippen MR) is 66.2 cm³/mol. The van der Waals surface area contributed by atoms with Crippen molar-refractivity contribution >= 4 is 0 Å². The lowest BCUT2D eigenvalue weighted by atomic mass is 9.99. The molecular weight excluding hydrogens is 202 g/mol. The Morgan fingerprint density at radius 3 is 2.31 bits per heavy atom. The molecule has 0 bridgehead atoms. The summed E-state index contributed by atoms with van der Waals surface area (Å²) in [7, 11) is 1.75. The van der Waals surface area contributed by atoms with Gasteiger partial charge in [0.1, 0.15) is 5.60 Å². The molecule has 0 aliphatic heterocycles. The monoisotopic (exact) mass is 227 g/mol. The fourth-order valence-electron chi connectivity index (χ4n) is 2.32. The molecule has 1 rings (SSSR count). The van der Waals surface area contributed by atoms with E-state index in [1.165, 1.54) is 12.8 Å². The first-order valence-electron chi connectivity index (χ1n) is 6.02. The summed E-state index contributed by atoms with van der Waals surface area (Å²) in [6.45, 7) is 10.7. The number of ether oxygens (including phenoxy) is 2. The lowest BCUT2D eigenvalue weighted by Crippen LogP contribution is -2.47. The van der Waals surface area contributed by atoms with Gasteiger partial charge in [-0.05, 0) is 40.2 Å². The smallest absolute Gasteiger partial charge is 0.180 e. The van der Waals surface area contributed by atoms with Gasteiger partial charge in [0.05, 0.1) is 12.1 Å². The van der Waals surface area contributed by atoms with Gasteiger partial charge < -0.3 is 14.8 Å². The van der Waals surface area contributed by atoms with Crippen molar-refractivity contribution in [3.63, 3.8) is 0 Å². The first-order chi connectivity index (χ1) is 7.37. The summed E-state index contributed by atoms with van der Waals surface area (Å²) in [6, 6.07) is 0. The van der Waals surface area contributed by atoms with Crippen LogP contribution >= 0.6 is 0 Å². The van der Waals surface area contributed by atoms with Crippen molar-refractivity contribution in [1.82, 2.24) is 5.32 Å². The van der Waals surface area contributed by atoms with Gasteiger partial charge in [-0.25, -0.2) is 0 Å². The average Bonchev–Trinajstić information content (AvgIpc) is 2.49. The van der Waals surface area contributed by atoms with Crippen molar-refractivity contribution in [2.45, 2.75) is 57.6 Å². The van der Waals surface area contributed by atoms with Crippen LogP contribution in [0.4, 0.5) is 0 Å². The normalized spacial score (nSPS) is 19.5. The summed E-state index contributed by atoms with van der Waals surface area (Å²) >= 11 is 0. The summed E-state index contributed by atoms with van der Waals surface area (Å²) < 4.78 is 11.0. The Morgan fingerprint density at radius 1 is 1.31 bits per heavy atom. The summed E-state index contributed by atoms with van der Waals surface area (Å²) in [5.41, 5.74) is -0.159. The molecule has 0 saturated heterocycles. The summed E-state index contributed by atoms with van der Waals surface area (Å²) in [4.78, 5) is 0. The van der Waals surface area contributed by atoms with Crippen LogP contribution < -0.4 is 5.32 Å². The molecule has 1 saturated carbocycles. The molecule has 0 radical (unpaired) electrons. The van der Waals surface area contributed by atoms with Crippen LogP contribution in [0, 0.1) is 0 Å². The van der Waals surface area contributed by atoms with Gasteiger partial charge in [-0.1, -0.05) is 12.8 Å². The molecule has 0 atom stereocenters. The van der Waals surface area contributed by atoms with Crippen molar-refractivity contribution < 1.29 is 9.47 Å². The second-order valence-electron chi connectivity index (χ2n) is 5.68. The molecule has 16 heavy (non-hydrogen) atoms. The first kappa shape index (κ1) is 13.4. The summed E-state index contributed by atoms with van der Waals surface area (Å²) in [5.74, 6) is 0.659. The molecule has 0 aromatic rings. The van der Waals surface area contributed by atoms with E-state index in [9.17, 15) is 0 Å². The Balaban J connectivity index is 2.52. The van der Waals surface area contributed by atoms with E-state index in [2.05, 4.69) is 11.9 Å².